The molecule has 2 aromatic carbocycles. The van der Waals surface area contributed by atoms with Crippen molar-refractivity contribution in [2.24, 2.45) is 0 Å². The van der Waals surface area contributed by atoms with Crippen molar-refractivity contribution in [2.45, 2.75) is 39.2 Å². The molecule has 142 valence electrons. The Morgan fingerprint density at radius 3 is 2.30 bits per heavy atom. The summed E-state index contributed by atoms with van der Waals surface area (Å²) in [5, 5.41) is 25.4. The van der Waals surface area contributed by atoms with Gasteiger partial charge in [-0.05, 0) is 54.3 Å². The molecule has 0 atom stereocenters. The number of ether oxygens (including phenoxy) is 1. The molecule has 0 fully saturated rings. The molecule has 0 unspecified atom stereocenters. The first-order chi connectivity index (χ1) is 13.1. The third-order valence-electron chi connectivity index (χ3n) is 4.69. The second-order valence-electron chi connectivity index (χ2n) is 6.69. The van der Waals surface area contributed by atoms with Gasteiger partial charge in [-0.3, -0.25) is 4.68 Å². The highest BCUT2D eigenvalue weighted by Gasteiger charge is 2.16. The first-order valence-corrected chi connectivity index (χ1v) is 9.32. The second kappa shape index (κ2) is 8.62. The highest BCUT2D eigenvalue weighted by molar-refractivity contribution is 5.74. The molecule has 0 aliphatic rings. The number of methoxy groups -OCH3 is 1. The van der Waals surface area contributed by atoms with E-state index in [0.717, 1.165) is 42.6 Å². The van der Waals surface area contributed by atoms with Gasteiger partial charge in [0.25, 0.3) is 0 Å². The predicted octanol–water partition coefficient (Wildman–Crippen LogP) is 4.75. The Labute approximate surface area is 159 Å². The van der Waals surface area contributed by atoms with Crippen molar-refractivity contribution in [2.75, 3.05) is 7.11 Å². The summed E-state index contributed by atoms with van der Waals surface area (Å²) < 4.78 is 6.96. The minimum absolute atomic E-state index is 0.0815. The number of benzene rings is 2. The molecule has 0 aliphatic carbocycles. The van der Waals surface area contributed by atoms with Gasteiger partial charge < -0.3 is 14.9 Å². The van der Waals surface area contributed by atoms with Gasteiger partial charge in [0.2, 0.25) is 0 Å². The van der Waals surface area contributed by atoms with Gasteiger partial charge in [-0.2, -0.15) is 5.10 Å². The summed E-state index contributed by atoms with van der Waals surface area (Å²) in [7, 11) is 1.64. The van der Waals surface area contributed by atoms with Gasteiger partial charge in [-0.1, -0.05) is 31.9 Å². The minimum Gasteiger partial charge on any atom is -0.507 e. The number of aromatic hydroxyl groups is 2. The fourth-order valence-corrected chi connectivity index (χ4v) is 3.23. The molecule has 27 heavy (non-hydrogen) atoms. The highest BCUT2D eigenvalue weighted by atomic mass is 16.5. The molecular weight excluding hydrogens is 340 g/mol. The second-order valence-corrected chi connectivity index (χ2v) is 6.69. The van der Waals surface area contributed by atoms with Crippen LogP contribution in [-0.2, 0) is 13.0 Å². The molecular formula is C22H26N2O3. The number of aromatic nitrogens is 2. The Balaban J connectivity index is 1.85. The van der Waals surface area contributed by atoms with E-state index in [1.165, 1.54) is 0 Å². The monoisotopic (exact) mass is 366 g/mol. The minimum atomic E-state index is 0.0815. The highest BCUT2D eigenvalue weighted by Crippen LogP contribution is 2.38. The largest absolute Gasteiger partial charge is 0.507 e. The van der Waals surface area contributed by atoms with E-state index in [9.17, 15) is 10.2 Å². The van der Waals surface area contributed by atoms with Crippen molar-refractivity contribution < 1.29 is 14.9 Å². The Morgan fingerprint density at radius 2 is 1.67 bits per heavy atom. The zero-order valence-electron chi connectivity index (χ0n) is 15.9. The standard InChI is InChI=1S/C22H26N2O3/c1-3-4-5-6-17-13-20(25)22(21(26)14-17)19-11-12-23-24(19)15-16-7-9-18(27-2)10-8-16/h7-14,25-26H,3-6,15H2,1-2H3. The van der Waals surface area contributed by atoms with Gasteiger partial charge in [0.15, 0.2) is 0 Å². The third kappa shape index (κ3) is 4.42. The Morgan fingerprint density at radius 1 is 0.963 bits per heavy atom. The molecule has 0 amide bonds. The molecule has 3 rings (SSSR count). The van der Waals surface area contributed by atoms with Crippen LogP contribution in [0.5, 0.6) is 17.2 Å². The van der Waals surface area contributed by atoms with E-state index >= 15 is 0 Å². The maximum absolute atomic E-state index is 10.5. The van der Waals surface area contributed by atoms with Crippen molar-refractivity contribution in [3.05, 3.63) is 59.8 Å². The normalized spacial score (nSPS) is 10.9. The number of phenols is 2. The van der Waals surface area contributed by atoms with Crippen molar-refractivity contribution in [1.29, 1.82) is 0 Å². The van der Waals surface area contributed by atoms with Crippen LogP contribution in [0.3, 0.4) is 0 Å². The van der Waals surface area contributed by atoms with E-state index in [4.69, 9.17) is 4.74 Å². The zero-order chi connectivity index (χ0) is 19.2. The molecule has 0 aliphatic heterocycles. The molecule has 5 nitrogen and oxygen atoms in total. The van der Waals surface area contributed by atoms with Crippen molar-refractivity contribution in [3.63, 3.8) is 0 Å². The molecule has 1 aromatic heterocycles. The zero-order valence-corrected chi connectivity index (χ0v) is 15.9. The Hall–Kier alpha value is -2.95. The lowest BCUT2D eigenvalue weighted by Crippen LogP contribution is -2.04. The van der Waals surface area contributed by atoms with E-state index < -0.39 is 0 Å². The molecule has 0 saturated carbocycles. The molecule has 0 saturated heterocycles. The maximum Gasteiger partial charge on any atom is 0.128 e. The summed E-state index contributed by atoms with van der Waals surface area (Å²) in [5.74, 6) is 0.962. The lowest BCUT2D eigenvalue weighted by molar-refractivity contribution is 0.414. The van der Waals surface area contributed by atoms with Gasteiger partial charge in [0, 0.05) is 6.20 Å². The topological polar surface area (TPSA) is 67.5 Å². The SMILES string of the molecule is CCCCCc1cc(O)c(-c2ccnn2Cc2ccc(OC)cc2)c(O)c1. The number of unbranched alkanes of at least 4 members (excludes halogenated alkanes) is 2. The van der Waals surface area contributed by atoms with E-state index in [1.807, 2.05) is 24.3 Å². The molecule has 5 heteroatoms. The summed E-state index contributed by atoms with van der Waals surface area (Å²) in [6.45, 7) is 2.69. The summed E-state index contributed by atoms with van der Waals surface area (Å²) in [4.78, 5) is 0. The molecule has 2 N–H and O–H groups in total. The number of aryl methyl sites for hydroxylation is 1. The van der Waals surface area contributed by atoms with Gasteiger partial charge in [-0.25, -0.2) is 0 Å². The van der Waals surface area contributed by atoms with Crippen molar-refractivity contribution in [1.82, 2.24) is 9.78 Å². The lowest BCUT2D eigenvalue weighted by Gasteiger charge is -2.13. The van der Waals surface area contributed by atoms with Gasteiger partial charge in [-0.15, -0.1) is 0 Å². The van der Waals surface area contributed by atoms with E-state index in [1.54, 1.807) is 36.2 Å². The van der Waals surface area contributed by atoms with Crippen LogP contribution in [0.25, 0.3) is 11.3 Å². The molecule has 0 spiro atoms. The average molecular weight is 366 g/mol. The lowest BCUT2D eigenvalue weighted by atomic mass is 10.0. The Kier molecular flexibility index (Phi) is 6.01. The quantitative estimate of drug-likeness (QED) is 0.565. The number of rotatable bonds is 8. The van der Waals surface area contributed by atoms with Crippen LogP contribution >= 0.6 is 0 Å². The smallest absolute Gasteiger partial charge is 0.128 e. The Bertz CT molecular complexity index is 862. The van der Waals surface area contributed by atoms with Gasteiger partial charge in [0.1, 0.15) is 17.2 Å². The van der Waals surface area contributed by atoms with E-state index in [2.05, 4.69) is 12.0 Å². The van der Waals surface area contributed by atoms with Crippen LogP contribution in [0.15, 0.2) is 48.7 Å². The average Bonchev–Trinajstić information content (AvgIpc) is 3.10. The molecule has 1 heterocycles. The number of phenolic OH excluding ortho intramolecular Hbond substituents is 2. The van der Waals surface area contributed by atoms with Gasteiger partial charge in [0.05, 0.1) is 24.9 Å². The summed E-state index contributed by atoms with van der Waals surface area (Å²) in [5.41, 5.74) is 3.10. The van der Waals surface area contributed by atoms with Crippen molar-refractivity contribution >= 4 is 0 Å². The number of hydrogen-bond acceptors (Lipinski definition) is 4. The maximum atomic E-state index is 10.5. The molecule has 0 bridgehead atoms. The van der Waals surface area contributed by atoms with Crippen LogP contribution in [0.2, 0.25) is 0 Å². The van der Waals surface area contributed by atoms with Crippen LogP contribution in [-0.4, -0.2) is 27.1 Å². The summed E-state index contributed by atoms with van der Waals surface area (Å²) >= 11 is 0. The van der Waals surface area contributed by atoms with Crippen LogP contribution in [0.1, 0.15) is 37.3 Å². The van der Waals surface area contributed by atoms with Crippen LogP contribution < -0.4 is 4.74 Å². The fourth-order valence-electron chi connectivity index (χ4n) is 3.23. The third-order valence-corrected chi connectivity index (χ3v) is 4.69. The summed E-state index contributed by atoms with van der Waals surface area (Å²) in [6.07, 6.45) is 5.84. The first kappa shape index (κ1) is 18.8. The molecule has 0 radical (unpaired) electrons. The number of nitrogens with zero attached hydrogens (tertiary/aromatic N) is 2. The molecule has 3 aromatic rings. The number of hydrogen-bond donors (Lipinski definition) is 2. The van der Waals surface area contributed by atoms with Crippen molar-refractivity contribution in [3.8, 4) is 28.5 Å². The first-order valence-electron chi connectivity index (χ1n) is 9.32. The van der Waals surface area contributed by atoms with Crippen LogP contribution in [0, 0.1) is 0 Å². The fraction of sp³-hybridized carbons (Fsp3) is 0.318. The summed E-state index contributed by atoms with van der Waals surface area (Å²) in [6, 6.07) is 13.0. The predicted molar refractivity (Wildman–Crippen MR) is 106 cm³/mol. The van der Waals surface area contributed by atoms with E-state index in [-0.39, 0.29) is 11.5 Å². The van der Waals surface area contributed by atoms with Gasteiger partial charge >= 0.3 is 0 Å². The van der Waals surface area contributed by atoms with Crippen LogP contribution in [0.4, 0.5) is 0 Å². The van der Waals surface area contributed by atoms with E-state index in [0.29, 0.717) is 17.8 Å².